The van der Waals surface area contributed by atoms with Crippen molar-refractivity contribution in [2.45, 2.75) is 25.9 Å². The monoisotopic (exact) mass is 286 g/mol. The van der Waals surface area contributed by atoms with Crippen LogP contribution in [0.4, 0.5) is 0 Å². The van der Waals surface area contributed by atoms with Crippen molar-refractivity contribution >= 4 is 15.9 Å². The van der Waals surface area contributed by atoms with Gasteiger partial charge in [0.05, 0.1) is 7.11 Å². The molecule has 0 aliphatic heterocycles. The molecule has 0 saturated carbocycles. The van der Waals surface area contributed by atoms with Gasteiger partial charge in [-0.3, -0.25) is 0 Å². The van der Waals surface area contributed by atoms with Gasteiger partial charge in [-0.25, -0.2) is 0 Å². The van der Waals surface area contributed by atoms with Gasteiger partial charge in [-0.15, -0.1) is 0 Å². The third-order valence-electron chi connectivity index (χ3n) is 2.35. The highest BCUT2D eigenvalue weighted by Crippen LogP contribution is 2.27. The van der Waals surface area contributed by atoms with Gasteiger partial charge in [0.15, 0.2) is 0 Å². The molecule has 3 N–H and O–H groups in total. The van der Waals surface area contributed by atoms with Crippen molar-refractivity contribution in [2.24, 2.45) is 5.73 Å². The molecule has 0 saturated heterocycles. The van der Waals surface area contributed by atoms with Gasteiger partial charge >= 0.3 is 0 Å². The molecule has 90 valence electrons. The number of hydrogen-bond donors (Lipinski definition) is 2. The molecule has 0 aromatic heterocycles. The van der Waals surface area contributed by atoms with E-state index in [9.17, 15) is 0 Å². The Morgan fingerprint density at radius 3 is 2.62 bits per heavy atom. The molecule has 0 fully saturated rings. The first-order valence-corrected chi connectivity index (χ1v) is 6.17. The summed E-state index contributed by atoms with van der Waals surface area (Å²) in [5.74, 6) is 0.849. The van der Waals surface area contributed by atoms with Gasteiger partial charge in [-0.05, 0) is 23.8 Å². The third kappa shape index (κ3) is 3.47. The van der Waals surface area contributed by atoms with Crippen molar-refractivity contribution in [3.8, 4) is 5.75 Å². The molecule has 0 spiro atoms. The topological polar surface area (TPSA) is 47.3 Å². The summed E-state index contributed by atoms with van der Waals surface area (Å²) in [6.07, 6.45) is 0. The molecule has 0 heterocycles. The van der Waals surface area contributed by atoms with Gasteiger partial charge in [0, 0.05) is 23.1 Å². The van der Waals surface area contributed by atoms with Crippen molar-refractivity contribution in [1.82, 2.24) is 5.32 Å². The molecule has 0 aliphatic rings. The highest BCUT2D eigenvalue weighted by molar-refractivity contribution is 9.10. The lowest BCUT2D eigenvalue weighted by molar-refractivity contribution is 0.411. The summed E-state index contributed by atoms with van der Waals surface area (Å²) in [7, 11) is 1.67. The maximum absolute atomic E-state index is 5.79. The Hall–Kier alpha value is -0.580. The molecule has 1 aromatic carbocycles. The van der Waals surface area contributed by atoms with Crippen molar-refractivity contribution in [1.29, 1.82) is 0 Å². The second-order valence-electron chi connectivity index (χ2n) is 4.00. The second-order valence-corrected chi connectivity index (χ2v) is 4.85. The summed E-state index contributed by atoms with van der Waals surface area (Å²) in [4.78, 5) is 0. The van der Waals surface area contributed by atoms with E-state index >= 15 is 0 Å². The normalized spacial score (nSPS) is 12.9. The predicted molar refractivity (Wildman–Crippen MR) is 70.8 cm³/mol. The van der Waals surface area contributed by atoms with Crippen molar-refractivity contribution in [3.05, 3.63) is 28.2 Å². The van der Waals surface area contributed by atoms with Crippen molar-refractivity contribution in [2.75, 3.05) is 13.7 Å². The van der Waals surface area contributed by atoms with Gasteiger partial charge in [0.1, 0.15) is 5.75 Å². The lowest BCUT2D eigenvalue weighted by Gasteiger charge is -2.21. The van der Waals surface area contributed by atoms with Crippen LogP contribution < -0.4 is 15.8 Å². The van der Waals surface area contributed by atoms with Gasteiger partial charge < -0.3 is 15.8 Å². The van der Waals surface area contributed by atoms with Gasteiger partial charge in [-0.2, -0.15) is 0 Å². The molecule has 1 aromatic rings. The maximum Gasteiger partial charge on any atom is 0.119 e. The van der Waals surface area contributed by atoms with Crippen LogP contribution >= 0.6 is 15.9 Å². The number of nitrogens with one attached hydrogen (secondary N) is 1. The van der Waals surface area contributed by atoms with Crippen molar-refractivity contribution < 1.29 is 4.74 Å². The number of nitrogens with two attached hydrogens (primary N) is 1. The first-order chi connectivity index (χ1) is 7.58. The van der Waals surface area contributed by atoms with Crippen LogP contribution in [0, 0.1) is 0 Å². The molecule has 0 amide bonds. The quantitative estimate of drug-likeness (QED) is 0.874. The lowest BCUT2D eigenvalue weighted by atomic mass is 10.1. The summed E-state index contributed by atoms with van der Waals surface area (Å²) in [6.45, 7) is 4.78. The standard InChI is InChI=1S/C12H19BrN2O/c1-8(2)15-12(7-14)10-6-9(16-3)4-5-11(10)13/h4-6,8,12,15H,7,14H2,1-3H3. The lowest BCUT2D eigenvalue weighted by Crippen LogP contribution is -2.33. The second kappa shape index (κ2) is 6.23. The number of benzene rings is 1. The van der Waals surface area contributed by atoms with E-state index in [2.05, 4.69) is 35.1 Å². The Morgan fingerprint density at radius 1 is 1.44 bits per heavy atom. The average Bonchev–Trinajstić information content (AvgIpc) is 2.26. The minimum absolute atomic E-state index is 0.143. The molecular weight excluding hydrogens is 268 g/mol. The first-order valence-electron chi connectivity index (χ1n) is 5.38. The van der Waals surface area contributed by atoms with E-state index < -0.39 is 0 Å². The van der Waals surface area contributed by atoms with Gasteiger partial charge in [0.2, 0.25) is 0 Å². The van der Waals surface area contributed by atoms with E-state index in [0.29, 0.717) is 12.6 Å². The number of halogens is 1. The predicted octanol–water partition coefficient (Wildman–Crippen LogP) is 2.46. The van der Waals surface area contributed by atoms with Crippen LogP contribution in [0.3, 0.4) is 0 Å². The minimum Gasteiger partial charge on any atom is -0.497 e. The molecule has 16 heavy (non-hydrogen) atoms. The van der Waals surface area contributed by atoms with E-state index in [-0.39, 0.29) is 6.04 Å². The Labute approximate surface area is 105 Å². The van der Waals surface area contributed by atoms with Gasteiger partial charge in [0.25, 0.3) is 0 Å². The number of rotatable bonds is 5. The Morgan fingerprint density at radius 2 is 2.12 bits per heavy atom. The van der Waals surface area contributed by atoms with Crippen LogP contribution in [0.25, 0.3) is 0 Å². The van der Waals surface area contributed by atoms with E-state index in [1.807, 2.05) is 18.2 Å². The third-order valence-corrected chi connectivity index (χ3v) is 3.07. The smallest absolute Gasteiger partial charge is 0.119 e. The molecule has 1 atom stereocenters. The van der Waals surface area contributed by atoms with Gasteiger partial charge in [-0.1, -0.05) is 29.8 Å². The van der Waals surface area contributed by atoms with E-state index in [0.717, 1.165) is 15.8 Å². The van der Waals surface area contributed by atoms with Crippen LogP contribution in [0.1, 0.15) is 25.5 Å². The number of methoxy groups -OCH3 is 1. The van der Waals surface area contributed by atoms with E-state index in [1.165, 1.54) is 0 Å². The molecular formula is C12H19BrN2O. The summed E-state index contributed by atoms with van der Waals surface area (Å²) in [5.41, 5.74) is 6.92. The minimum atomic E-state index is 0.143. The molecule has 0 bridgehead atoms. The molecule has 3 nitrogen and oxygen atoms in total. The van der Waals surface area contributed by atoms with Crippen LogP contribution in [0.15, 0.2) is 22.7 Å². The highest BCUT2D eigenvalue weighted by Gasteiger charge is 2.14. The van der Waals surface area contributed by atoms with E-state index in [4.69, 9.17) is 10.5 Å². The fraction of sp³-hybridized carbons (Fsp3) is 0.500. The summed E-state index contributed by atoms with van der Waals surface area (Å²) >= 11 is 3.54. The highest BCUT2D eigenvalue weighted by atomic mass is 79.9. The van der Waals surface area contributed by atoms with Crippen LogP contribution in [-0.2, 0) is 0 Å². The first kappa shape index (κ1) is 13.5. The molecule has 0 aliphatic carbocycles. The molecule has 1 rings (SSSR count). The Bertz CT molecular complexity index is 342. The molecule has 1 unspecified atom stereocenters. The Balaban J connectivity index is 2.98. The SMILES string of the molecule is COc1ccc(Br)c(C(CN)NC(C)C)c1. The summed E-state index contributed by atoms with van der Waals surface area (Å²) < 4.78 is 6.27. The fourth-order valence-corrected chi connectivity index (χ4v) is 2.13. The summed E-state index contributed by atoms with van der Waals surface area (Å²) in [5, 5.41) is 3.43. The molecule has 0 radical (unpaired) electrons. The van der Waals surface area contributed by atoms with Crippen LogP contribution in [0.2, 0.25) is 0 Å². The van der Waals surface area contributed by atoms with Crippen molar-refractivity contribution in [3.63, 3.8) is 0 Å². The van der Waals surface area contributed by atoms with Crippen LogP contribution in [-0.4, -0.2) is 19.7 Å². The fourth-order valence-electron chi connectivity index (χ4n) is 1.60. The number of ether oxygens (including phenoxy) is 1. The number of hydrogen-bond acceptors (Lipinski definition) is 3. The van der Waals surface area contributed by atoms with Crippen LogP contribution in [0.5, 0.6) is 5.75 Å². The Kier molecular flexibility index (Phi) is 5.25. The summed E-state index contributed by atoms with van der Waals surface area (Å²) in [6, 6.07) is 6.46. The molecule has 4 heteroatoms. The van der Waals surface area contributed by atoms with E-state index in [1.54, 1.807) is 7.11 Å². The zero-order valence-electron chi connectivity index (χ0n) is 9.96. The maximum atomic E-state index is 5.79. The largest absolute Gasteiger partial charge is 0.497 e. The zero-order chi connectivity index (χ0) is 12.1. The average molecular weight is 287 g/mol. The zero-order valence-corrected chi connectivity index (χ0v) is 11.5.